The van der Waals surface area contributed by atoms with Crippen LogP contribution in [0.25, 0.3) is 0 Å². The second-order valence-corrected chi connectivity index (χ2v) is 16.9. The van der Waals surface area contributed by atoms with Crippen LogP contribution in [0.5, 0.6) is 0 Å². The van der Waals surface area contributed by atoms with E-state index in [-0.39, 0.29) is 42.8 Å². The summed E-state index contributed by atoms with van der Waals surface area (Å²) >= 11 is 0. The Morgan fingerprint density at radius 1 is 0.592 bits per heavy atom. The maximum Gasteiger partial charge on any atom is 0.443 e. The minimum absolute atomic E-state index is 0.0599. The molecule has 0 radical (unpaired) electrons. The highest BCUT2D eigenvalue weighted by molar-refractivity contribution is 5.13. The highest BCUT2D eigenvalue weighted by atomic mass is 19.4. The van der Waals surface area contributed by atoms with Crippen LogP contribution in [0.1, 0.15) is 99.8 Å². The van der Waals surface area contributed by atoms with Gasteiger partial charge in [-0.1, -0.05) is 39.8 Å². The molecule has 2 saturated carbocycles. The van der Waals surface area contributed by atoms with Crippen molar-refractivity contribution in [3.05, 3.63) is 12.2 Å². The lowest BCUT2D eigenvalue weighted by Crippen LogP contribution is -2.76. The minimum Gasteiger partial charge on any atom is -0.346 e. The molecule has 0 aromatic rings. The van der Waals surface area contributed by atoms with Gasteiger partial charge in [-0.2, -0.15) is 13.2 Å². The SMILES string of the molecule is C[C@@H]1CC[C@H]2[C@@H](C)[C@@](C)(OC/C=C/CO[C@@]3(C(F)(F)F)O[C@@H]4O[C@]5(C)CC[C@H]6[C@H](C)CC[C@@H]([C@H]3C)[C@@]46OO5)O[C@@H]3O[C@]4(C)CC[C@@H]1[C@]32OO4. The molecule has 16 atom stereocenters. The number of halogens is 3. The molecule has 10 fully saturated rings. The molecule has 10 aliphatic rings. The fraction of sp³-hybridized carbons (Fsp3) is 0.944. The van der Waals surface area contributed by atoms with Gasteiger partial charge < -0.3 is 28.4 Å². The summed E-state index contributed by atoms with van der Waals surface area (Å²) in [4.78, 5) is 24.0. The van der Waals surface area contributed by atoms with Crippen molar-refractivity contribution in [3.63, 3.8) is 0 Å². The molecule has 278 valence electrons. The van der Waals surface area contributed by atoms with Crippen molar-refractivity contribution in [2.24, 2.45) is 47.3 Å². The van der Waals surface area contributed by atoms with E-state index in [1.165, 1.54) is 0 Å². The fourth-order valence-electron chi connectivity index (χ4n) is 11.2. The van der Waals surface area contributed by atoms with Gasteiger partial charge in [0.1, 0.15) is 0 Å². The molecule has 2 spiro atoms. The Balaban J connectivity index is 0.970. The largest absolute Gasteiger partial charge is 0.443 e. The molecule has 10 rings (SSSR count). The molecular formula is C36H53F3O10. The fourth-order valence-corrected chi connectivity index (χ4v) is 11.2. The number of alkyl halides is 3. The van der Waals surface area contributed by atoms with Gasteiger partial charge in [0.15, 0.2) is 29.6 Å². The Morgan fingerprint density at radius 2 is 1.08 bits per heavy atom. The monoisotopic (exact) mass is 702 g/mol. The van der Waals surface area contributed by atoms with Crippen LogP contribution in [-0.4, -0.2) is 66.3 Å². The Kier molecular flexibility index (Phi) is 8.30. The summed E-state index contributed by atoms with van der Waals surface area (Å²) in [6, 6.07) is 0. The quantitative estimate of drug-likeness (QED) is 0.207. The van der Waals surface area contributed by atoms with Gasteiger partial charge >= 0.3 is 6.18 Å². The maximum absolute atomic E-state index is 15.2. The van der Waals surface area contributed by atoms with Crippen molar-refractivity contribution >= 4 is 0 Å². The highest BCUT2D eigenvalue weighted by Gasteiger charge is 2.77. The van der Waals surface area contributed by atoms with Gasteiger partial charge in [0.2, 0.25) is 11.6 Å². The predicted molar refractivity (Wildman–Crippen MR) is 164 cm³/mol. The summed E-state index contributed by atoms with van der Waals surface area (Å²) in [6.07, 6.45) is 2.57. The van der Waals surface area contributed by atoms with Crippen LogP contribution < -0.4 is 0 Å². The topological polar surface area (TPSA) is 92.3 Å². The molecule has 0 amide bonds. The van der Waals surface area contributed by atoms with E-state index in [1.54, 1.807) is 26.0 Å². The number of hydrogen-bond donors (Lipinski definition) is 0. The molecule has 8 aliphatic heterocycles. The van der Waals surface area contributed by atoms with E-state index < -0.39 is 64.9 Å². The molecule has 0 unspecified atom stereocenters. The Hall–Kier alpha value is -0.870. The third-order valence-corrected chi connectivity index (χ3v) is 14.2. The molecule has 8 saturated heterocycles. The van der Waals surface area contributed by atoms with Crippen LogP contribution in [-0.2, 0) is 48.0 Å². The van der Waals surface area contributed by atoms with Crippen LogP contribution in [0.4, 0.5) is 13.2 Å². The number of rotatable bonds is 6. The van der Waals surface area contributed by atoms with Crippen molar-refractivity contribution in [2.45, 2.75) is 153 Å². The molecular weight excluding hydrogens is 649 g/mol. The Bertz CT molecular complexity index is 1320. The average Bonchev–Trinajstić information content (AvgIpc) is 3.41. The van der Waals surface area contributed by atoms with E-state index in [0.29, 0.717) is 25.2 Å². The van der Waals surface area contributed by atoms with E-state index >= 15 is 13.2 Å². The smallest absolute Gasteiger partial charge is 0.346 e. The maximum atomic E-state index is 15.2. The van der Waals surface area contributed by atoms with Crippen molar-refractivity contribution in [1.29, 1.82) is 0 Å². The third kappa shape index (κ3) is 4.96. The zero-order chi connectivity index (χ0) is 34.8. The van der Waals surface area contributed by atoms with Gasteiger partial charge in [-0.3, -0.25) is 0 Å². The van der Waals surface area contributed by atoms with Crippen LogP contribution in [0.2, 0.25) is 0 Å². The van der Waals surface area contributed by atoms with Crippen molar-refractivity contribution in [3.8, 4) is 0 Å². The number of hydrogen-bond acceptors (Lipinski definition) is 10. The Morgan fingerprint density at radius 3 is 1.61 bits per heavy atom. The number of ether oxygens (including phenoxy) is 6. The second kappa shape index (κ2) is 11.6. The summed E-state index contributed by atoms with van der Waals surface area (Å²) in [5.41, 5.74) is -1.85. The summed E-state index contributed by atoms with van der Waals surface area (Å²) < 4.78 is 82.9. The van der Waals surface area contributed by atoms with E-state index in [2.05, 4.69) is 20.8 Å². The van der Waals surface area contributed by atoms with Crippen molar-refractivity contribution in [2.75, 3.05) is 13.2 Å². The number of fused-ring (bicyclic) bond motifs is 4. The first-order valence-electron chi connectivity index (χ1n) is 18.5. The second-order valence-electron chi connectivity index (χ2n) is 16.9. The highest BCUT2D eigenvalue weighted by Crippen LogP contribution is 2.65. The molecule has 8 heterocycles. The molecule has 2 aliphatic carbocycles. The van der Waals surface area contributed by atoms with E-state index in [0.717, 1.165) is 32.1 Å². The van der Waals surface area contributed by atoms with Gasteiger partial charge in [-0.05, 0) is 83.0 Å². The van der Waals surface area contributed by atoms with E-state index in [9.17, 15) is 0 Å². The van der Waals surface area contributed by atoms with Gasteiger partial charge in [0, 0.05) is 36.5 Å². The first-order valence-corrected chi connectivity index (χ1v) is 18.5. The summed E-state index contributed by atoms with van der Waals surface area (Å²) in [6.45, 7) is 13.3. The zero-order valence-electron chi connectivity index (χ0n) is 29.7. The molecule has 49 heavy (non-hydrogen) atoms. The van der Waals surface area contributed by atoms with E-state index in [1.807, 2.05) is 13.8 Å². The van der Waals surface area contributed by atoms with Crippen molar-refractivity contribution in [1.82, 2.24) is 0 Å². The van der Waals surface area contributed by atoms with Crippen LogP contribution in [0.3, 0.4) is 0 Å². The molecule has 0 aromatic heterocycles. The van der Waals surface area contributed by atoms with Crippen LogP contribution in [0.15, 0.2) is 12.2 Å². The summed E-state index contributed by atoms with van der Waals surface area (Å²) in [5.74, 6) is -6.80. The van der Waals surface area contributed by atoms with Gasteiger partial charge in [0.25, 0.3) is 5.79 Å². The normalized spacial score (nSPS) is 56.6. The summed E-state index contributed by atoms with van der Waals surface area (Å²) in [5, 5.41) is 0. The minimum atomic E-state index is -4.84. The first-order chi connectivity index (χ1) is 23.0. The molecule has 4 bridgehead atoms. The Labute approximate surface area is 286 Å². The van der Waals surface area contributed by atoms with Gasteiger partial charge in [-0.25, -0.2) is 19.6 Å². The molecule has 0 aromatic carbocycles. The van der Waals surface area contributed by atoms with Crippen LogP contribution in [0, 0.1) is 47.3 Å². The standard InChI is InChI=1S/C36H53F3O10/c1-20-10-12-26-22(3)32(7,44-28-33(26)24(20)14-16-30(5,42-28)46-48-33)40-18-8-9-19-41-35(36(37,38)39)23(4)27-13-11-21(2)25-15-17-31(6)43-29(45-35)34(25,27)49-47-31/h8-9,20-29H,10-19H2,1-7H3/b9-8+/t20-,21-,22-,23-,24+,25+,26+,27+,28+,29+,30+,31+,32+,33-,34-,35-/m1/s1. The van der Waals surface area contributed by atoms with Gasteiger partial charge in [0.05, 0.1) is 13.2 Å². The lowest BCUT2D eigenvalue weighted by atomic mass is 9.57. The lowest BCUT2D eigenvalue weighted by Gasteiger charge is -2.62. The molecule has 0 N–H and O–H groups in total. The molecule has 10 nitrogen and oxygen atoms in total. The lowest BCUT2D eigenvalue weighted by molar-refractivity contribution is -0.598. The van der Waals surface area contributed by atoms with E-state index in [4.69, 9.17) is 48.0 Å². The average molecular weight is 703 g/mol. The third-order valence-electron chi connectivity index (χ3n) is 14.2. The summed E-state index contributed by atoms with van der Waals surface area (Å²) in [7, 11) is 0. The van der Waals surface area contributed by atoms with Gasteiger partial charge in [-0.15, -0.1) is 0 Å². The predicted octanol–water partition coefficient (Wildman–Crippen LogP) is 7.31. The molecule has 13 heteroatoms. The zero-order valence-corrected chi connectivity index (χ0v) is 29.7. The van der Waals surface area contributed by atoms with Crippen molar-refractivity contribution < 1.29 is 61.1 Å². The van der Waals surface area contributed by atoms with Crippen LogP contribution >= 0.6 is 0 Å². The first kappa shape index (κ1) is 35.2.